The summed E-state index contributed by atoms with van der Waals surface area (Å²) in [5.41, 5.74) is 6.85. The highest BCUT2D eigenvalue weighted by Gasteiger charge is 2.71. The highest BCUT2D eigenvalue weighted by molar-refractivity contribution is 6.83. The minimum absolute atomic E-state index is 0.213. The zero-order valence-corrected chi connectivity index (χ0v) is 18.4. The molecule has 0 aromatic heterocycles. The van der Waals surface area contributed by atoms with Crippen LogP contribution in [0.15, 0.2) is 35.9 Å². The van der Waals surface area contributed by atoms with Gasteiger partial charge in [-0.05, 0) is 44.0 Å². The number of likely N-dealkylation sites (N-methyl/N-ethyl adjacent to an activating group) is 1. The molecular weight excluding hydrogens is 346 g/mol. The van der Waals surface area contributed by atoms with E-state index in [1.165, 1.54) is 23.1 Å². The van der Waals surface area contributed by atoms with Crippen molar-refractivity contribution >= 4 is 19.4 Å². The van der Waals surface area contributed by atoms with Gasteiger partial charge in [-0.25, -0.2) is 0 Å². The van der Waals surface area contributed by atoms with Crippen LogP contribution in [-0.2, 0) is 4.79 Å². The number of hydrogen-bond donors (Lipinski definition) is 0. The van der Waals surface area contributed by atoms with Gasteiger partial charge in [-0.1, -0.05) is 68.7 Å². The van der Waals surface area contributed by atoms with Crippen LogP contribution in [0.5, 0.6) is 0 Å². The van der Waals surface area contributed by atoms with Gasteiger partial charge in [-0.15, -0.1) is 5.54 Å². The van der Waals surface area contributed by atoms with Gasteiger partial charge >= 0.3 is 0 Å². The number of carbonyl (C=O) groups is 1. The molecule has 1 aromatic rings. The molecule has 3 atom stereocenters. The summed E-state index contributed by atoms with van der Waals surface area (Å²) in [6.07, 6.45) is 5.15. The highest BCUT2D eigenvalue weighted by Crippen LogP contribution is 2.70. The maximum absolute atomic E-state index is 13.5. The van der Waals surface area contributed by atoms with Gasteiger partial charge in [0.25, 0.3) is 0 Å². The summed E-state index contributed by atoms with van der Waals surface area (Å²) < 4.78 is 0. The average Bonchev–Trinajstić information content (AvgIpc) is 3.04. The zero-order chi connectivity index (χ0) is 19.4. The second-order valence-corrected chi connectivity index (χ2v) is 14.6. The predicted octanol–water partition coefficient (Wildman–Crippen LogP) is 4.78. The Morgan fingerprint density at radius 2 is 1.81 bits per heavy atom. The second kappa shape index (κ2) is 6.19. The summed E-state index contributed by atoms with van der Waals surface area (Å²) in [7, 11) is 2.79. The molecule has 0 heterocycles. The minimum Gasteiger partial charge on any atom is -0.299 e. The third-order valence-corrected chi connectivity index (χ3v) is 7.84. The summed E-state index contributed by atoms with van der Waals surface area (Å²) in [4.78, 5) is 15.9. The summed E-state index contributed by atoms with van der Waals surface area (Å²) in [6, 6.07) is 10.6. The molecule has 4 rings (SSSR count). The van der Waals surface area contributed by atoms with E-state index in [0.29, 0.717) is 18.1 Å². The van der Waals surface area contributed by atoms with Crippen molar-refractivity contribution in [3.63, 3.8) is 0 Å². The number of rotatable bonds is 2. The van der Waals surface area contributed by atoms with Crippen LogP contribution < -0.4 is 0 Å². The average molecular weight is 378 g/mol. The molecule has 0 amide bonds. The fourth-order valence-corrected chi connectivity index (χ4v) is 6.44. The standard InChI is InChI=1S/C24H31NOSi/c1-25(2)24-17-21(26)23(15-10-9-13-20(23)24)22(18-11-7-6-8-12-18)19(24)14-16-27(3,4)5/h6-8,11-12,20H,9-10,13,15,17H2,1-5H3/t20-,23-,24-/m1/s1. The number of carbonyl (C=O) groups excluding carboxylic acids is 1. The van der Waals surface area contributed by atoms with E-state index < -0.39 is 8.07 Å². The summed E-state index contributed by atoms with van der Waals surface area (Å²) in [5, 5.41) is 0. The third-order valence-electron chi connectivity index (χ3n) is 6.96. The molecule has 0 aliphatic heterocycles. The van der Waals surface area contributed by atoms with Gasteiger partial charge in [-0.2, -0.15) is 0 Å². The van der Waals surface area contributed by atoms with Crippen LogP contribution >= 0.6 is 0 Å². The molecule has 3 aliphatic carbocycles. The highest BCUT2D eigenvalue weighted by atomic mass is 28.3. The van der Waals surface area contributed by atoms with Crippen molar-refractivity contribution in [3.8, 4) is 11.5 Å². The van der Waals surface area contributed by atoms with Gasteiger partial charge < -0.3 is 0 Å². The Morgan fingerprint density at radius 1 is 1.11 bits per heavy atom. The van der Waals surface area contributed by atoms with Crippen molar-refractivity contribution in [2.24, 2.45) is 11.3 Å². The number of benzene rings is 1. The number of hydrogen-bond acceptors (Lipinski definition) is 2. The summed E-state index contributed by atoms with van der Waals surface area (Å²) in [5.74, 6) is 4.53. The molecule has 0 spiro atoms. The lowest BCUT2D eigenvalue weighted by atomic mass is 9.64. The van der Waals surface area contributed by atoms with E-state index in [9.17, 15) is 4.79 Å². The van der Waals surface area contributed by atoms with Crippen molar-refractivity contribution < 1.29 is 4.79 Å². The molecule has 0 unspecified atom stereocenters. The number of nitrogens with zero attached hydrogens (tertiary/aromatic N) is 1. The van der Waals surface area contributed by atoms with E-state index in [4.69, 9.17) is 0 Å². The Balaban J connectivity index is 2.06. The van der Waals surface area contributed by atoms with E-state index in [0.717, 1.165) is 19.3 Å². The van der Waals surface area contributed by atoms with Crippen molar-refractivity contribution in [1.82, 2.24) is 4.90 Å². The topological polar surface area (TPSA) is 20.3 Å². The van der Waals surface area contributed by atoms with Crippen LogP contribution in [-0.4, -0.2) is 38.4 Å². The van der Waals surface area contributed by atoms with Crippen molar-refractivity contribution in [1.29, 1.82) is 0 Å². The zero-order valence-electron chi connectivity index (χ0n) is 17.4. The number of ketones is 1. The van der Waals surface area contributed by atoms with E-state index in [2.05, 4.69) is 80.4 Å². The van der Waals surface area contributed by atoms with Gasteiger partial charge in [0.05, 0.1) is 11.0 Å². The SMILES string of the molecule is CN(C)[C@@]12CC(=O)[C@]3(CCCC[C@H]31)C(c1ccccc1)=C2C#C[Si](C)(C)C. The van der Waals surface area contributed by atoms with Crippen LogP contribution in [0.25, 0.3) is 5.57 Å². The van der Waals surface area contributed by atoms with Crippen LogP contribution in [0, 0.1) is 22.8 Å². The van der Waals surface area contributed by atoms with Crippen LogP contribution in [0.3, 0.4) is 0 Å². The molecule has 0 N–H and O–H groups in total. The first-order valence-corrected chi connectivity index (χ1v) is 13.8. The van der Waals surface area contributed by atoms with Gasteiger partial charge in [0, 0.05) is 12.0 Å². The van der Waals surface area contributed by atoms with E-state index in [1.807, 2.05) is 0 Å². The first-order valence-electron chi connectivity index (χ1n) is 10.3. The maximum Gasteiger partial charge on any atom is 0.146 e. The van der Waals surface area contributed by atoms with Gasteiger partial charge in [0.2, 0.25) is 0 Å². The Kier molecular flexibility index (Phi) is 4.29. The van der Waals surface area contributed by atoms with E-state index in [-0.39, 0.29) is 11.0 Å². The molecule has 2 nitrogen and oxygen atoms in total. The Morgan fingerprint density at radius 3 is 2.44 bits per heavy atom. The van der Waals surface area contributed by atoms with Gasteiger partial charge in [0.1, 0.15) is 13.9 Å². The quantitative estimate of drug-likeness (QED) is 0.546. The molecule has 1 aromatic carbocycles. The lowest BCUT2D eigenvalue weighted by Gasteiger charge is -2.42. The first kappa shape index (κ1) is 18.7. The molecule has 3 heteroatoms. The molecule has 0 saturated heterocycles. The van der Waals surface area contributed by atoms with Crippen molar-refractivity contribution in [2.45, 2.75) is 57.3 Å². The summed E-state index contributed by atoms with van der Waals surface area (Å²) >= 11 is 0. The second-order valence-electron chi connectivity index (χ2n) is 9.80. The molecule has 142 valence electrons. The van der Waals surface area contributed by atoms with E-state index >= 15 is 0 Å². The molecule has 2 fully saturated rings. The Labute approximate surface area is 165 Å². The first-order chi connectivity index (χ1) is 12.7. The smallest absolute Gasteiger partial charge is 0.146 e. The van der Waals surface area contributed by atoms with Gasteiger partial charge in [0.15, 0.2) is 0 Å². The van der Waals surface area contributed by atoms with Crippen LogP contribution in [0.4, 0.5) is 0 Å². The van der Waals surface area contributed by atoms with E-state index in [1.54, 1.807) is 0 Å². The fourth-order valence-electron chi connectivity index (χ4n) is 5.94. The molecule has 0 radical (unpaired) electrons. The molecule has 2 bridgehead atoms. The predicted molar refractivity (Wildman–Crippen MR) is 115 cm³/mol. The lowest BCUT2D eigenvalue weighted by molar-refractivity contribution is -0.125. The Bertz CT molecular complexity index is 867. The van der Waals surface area contributed by atoms with Crippen LogP contribution in [0.2, 0.25) is 19.6 Å². The third kappa shape index (κ3) is 2.53. The minimum atomic E-state index is -1.52. The molecule has 2 saturated carbocycles. The summed E-state index contributed by atoms with van der Waals surface area (Å²) in [6.45, 7) is 6.90. The van der Waals surface area contributed by atoms with Crippen molar-refractivity contribution in [3.05, 3.63) is 41.5 Å². The van der Waals surface area contributed by atoms with Gasteiger partial charge in [-0.3, -0.25) is 9.69 Å². The maximum atomic E-state index is 13.5. The largest absolute Gasteiger partial charge is 0.299 e. The monoisotopic (exact) mass is 377 g/mol. The molecular formula is C24H31NOSi. The van der Waals surface area contributed by atoms with Crippen molar-refractivity contribution in [2.75, 3.05) is 14.1 Å². The normalized spacial score (nSPS) is 32.5. The van der Waals surface area contributed by atoms with Crippen LogP contribution in [0.1, 0.15) is 37.7 Å². The number of Topliss-reactive ketones (excluding diaryl/α,β-unsaturated/α-hetero) is 1. The fraction of sp³-hybridized carbons (Fsp3) is 0.542. The number of allylic oxidation sites excluding steroid dienone is 1. The lowest BCUT2D eigenvalue weighted by Crippen LogP contribution is -2.48. The Hall–Kier alpha value is -1.63. The molecule has 3 aliphatic rings. The molecule has 27 heavy (non-hydrogen) atoms.